The van der Waals surface area contributed by atoms with Crippen LogP contribution in [0.4, 0.5) is 4.79 Å². The largest absolute Gasteiger partial charge is 0.458 e. The zero-order valence-corrected chi connectivity index (χ0v) is 16.4. The summed E-state index contributed by atoms with van der Waals surface area (Å²) in [5, 5.41) is 0. The van der Waals surface area contributed by atoms with Gasteiger partial charge in [-0.25, -0.2) is 14.5 Å². The fourth-order valence-electron chi connectivity index (χ4n) is 2.58. The Kier molecular flexibility index (Phi) is 5.87. The number of alkyl halides is 1. The van der Waals surface area contributed by atoms with Crippen molar-refractivity contribution in [2.24, 2.45) is 0 Å². The molecule has 136 valence electrons. The molecule has 1 aromatic carbocycles. The molecule has 1 aliphatic rings. The number of rotatable bonds is 4. The van der Waals surface area contributed by atoms with Gasteiger partial charge >= 0.3 is 12.0 Å². The summed E-state index contributed by atoms with van der Waals surface area (Å²) in [6, 6.07) is 8.02. The molecule has 2 rings (SSSR count). The molecule has 1 heterocycles. The van der Waals surface area contributed by atoms with E-state index in [1.165, 1.54) is 4.90 Å². The lowest BCUT2D eigenvalue weighted by molar-refractivity contribution is -0.161. The Bertz CT molecular complexity index is 655. The van der Waals surface area contributed by atoms with Crippen LogP contribution in [0.25, 0.3) is 0 Å². The van der Waals surface area contributed by atoms with Gasteiger partial charge in [-0.3, -0.25) is 4.79 Å². The SMILES string of the molecule is CC(Br)C(=O)N1C(=O)N(Cc2ccccc2)C[C@H]1C(=O)OC(C)(C)C. The standard InChI is InChI=1S/C18H23BrN2O4/c1-12(19)15(22)21-14(16(23)25-18(2,3)4)11-20(17(21)24)10-13-8-6-5-7-9-13/h5-9,12,14H,10-11H2,1-4H3/t12?,14-/m0/s1. The molecule has 0 bridgehead atoms. The van der Waals surface area contributed by atoms with Crippen LogP contribution in [-0.4, -0.2) is 50.7 Å². The first-order chi connectivity index (χ1) is 11.6. The van der Waals surface area contributed by atoms with E-state index in [4.69, 9.17) is 4.74 Å². The van der Waals surface area contributed by atoms with E-state index in [0.717, 1.165) is 10.5 Å². The van der Waals surface area contributed by atoms with Gasteiger partial charge in [0.1, 0.15) is 5.60 Å². The molecule has 0 saturated carbocycles. The highest BCUT2D eigenvalue weighted by Gasteiger charge is 2.47. The van der Waals surface area contributed by atoms with Gasteiger partial charge in [0.05, 0.1) is 11.4 Å². The Morgan fingerprint density at radius 1 is 1.28 bits per heavy atom. The Morgan fingerprint density at radius 3 is 2.40 bits per heavy atom. The van der Waals surface area contributed by atoms with Crippen LogP contribution in [0.5, 0.6) is 0 Å². The van der Waals surface area contributed by atoms with Crippen LogP contribution in [0, 0.1) is 0 Å². The monoisotopic (exact) mass is 410 g/mol. The third kappa shape index (κ3) is 4.81. The lowest BCUT2D eigenvalue weighted by Crippen LogP contribution is -2.48. The summed E-state index contributed by atoms with van der Waals surface area (Å²) in [5.41, 5.74) is 0.238. The van der Waals surface area contributed by atoms with Crippen molar-refractivity contribution in [3.05, 3.63) is 35.9 Å². The second-order valence-electron chi connectivity index (χ2n) is 7.02. The minimum atomic E-state index is -0.942. The van der Waals surface area contributed by atoms with Gasteiger partial charge in [-0.05, 0) is 33.3 Å². The van der Waals surface area contributed by atoms with Crippen LogP contribution in [0.15, 0.2) is 30.3 Å². The second-order valence-corrected chi connectivity index (χ2v) is 8.40. The molecule has 25 heavy (non-hydrogen) atoms. The van der Waals surface area contributed by atoms with Gasteiger partial charge in [0, 0.05) is 6.54 Å². The predicted molar refractivity (Wildman–Crippen MR) is 97.1 cm³/mol. The van der Waals surface area contributed by atoms with E-state index in [1.54, 1.807) is 27.7 Å². The van der Waals surface area contributed by atoms with Crippen LogP contribution in [-0.2, 0) is 20.9 Å². The lowest BCUT2D eigenvalue weighted by Gasteiger charge is -2.25. The van der Waals surface area contributed by atoms with Gasteiger partial charge in [-0.2, -0.15) is 0 Å². The highest BCUT2D eigenvalue weighted by Crippen LogP contribution is 2.24. The number of carbonyl (C=O) groups excluding carboxylic acids is 3. The molecule has 0 N–H and O–H groups in total. The maximum absolute atomic E-state index is 12.7. The minimum absolute atomic E-state index is 0.119. The van der Waals surface area contributed by atoms with Crippen LogP contribution in [0.2, 0.25) is 0 Å². The number of amides is 3. The molecule has 3 amide bonds. The Morgan fingerprint density at radius 2 is 1.88 bits per heavy atom. The smallest absolute Gasteiger partial charge is 0.331 e. The maximum atomic E-state index is 12.7. The molecular weight excluding hydrogens is 388 g/mol. The molecule has 7 heteroatoms. The minimum Gasteiger partial charge on any atom is -0.458 e. The van der Waals surface area contributed by atoms with Gasteiger partial charge in [-0.15, -0.1) is 0 Å². The van der Waals surface area contributed by atoms with E-state index in [0.29, 0.717) is 6.54 Å². The van der Waals surface area contributed by atoms with Crippen molar-refractivity contribution < 1.29 is 19.1 Å². The Labute approximate surface area is 156 Å². The summed E-state index contributed by atoms with van der Waals surface area (Å²) < 4.78 is 5.40. The first-order valence-electron chi connectivity index (χ1n) is 8.13. The number of esters is 1. The molecule has 0 spiro atoms. The fourth-order valence-corrected chi connectivity index (χ4v) is 2.80. The summed E-state index contributed by atoms with van der Waals surface area (Å²) in [6.07, 6.45) is 0. The number of hydrogen-bond donors (Lipinski definition) is 0. The topological polar surface area (TPSA) is 66.9 Å². The first kappa shape index (κ1) is 19.4. The summed E-state index contributed by atoms with van der Waals surface area (Å²) in [4.78, 5) is 39.7. The zero-order chi connectivity index (χ0) is 18.8. The number of carbonyl (C=O) groups is 3. The number of imide groups is 1. The number of hydrogen-bond acceptors (Lipinski definition) is 4. The van der Waals surface area contributed by atoms with Crippen LogP contribution in [0.3, 0.4) is 0 Å². The van der Waals surface area contributed by atoms with Crippen molar-refractivity contribution in [2.75, 3.05) is 6.54 Å². The van der Waals surface area contributed by atoms with E-state index in [1.807, 2.05) is 30.3 Å². The Hall–Kier alpha value is -1.89. The van der Waals surface area contributed by atoms with E-state index in [-0.39, 0.29) is 6.54 Å². The number of urea groups is 1. The Balaban J connectivity index is 2.24. The van der Waals surface area contributed by atoms with Gasteiger partial charge in [0.15, 0.2) is 6.04 Å². The van der Waals surface area contributed by atoms with Gasteiger partial charge in [-0.1, -0.05) is 46.3 Å². The quantitative estimate of drug-likeness (QED) is 0.565. The van der Waals surface area contributed by atoms with Crippen LogP contribution >= 0.6 is 15.9 Å². The number of halogens is 1. The lowest BCUT2D eigenvalue weighted by atomic mass is 10.2. The highest BCUT2D eigenvalue weighted by atomic mass is 79.9. The average Bonchev–Trinajstić information content (AvgIpc) is 2.83. The molecule has 1 fully saturated rings. The van der Waals surface area contributed by atoms with Gasteiger partial charge < -0.3 is 9.64 Å². The third-order valence-corrected chi connectivity index (χ3v) is 4.05. The number of nitrogens with zero attached hydrogens (tertiary/aromatic N) is 2. The average molecular weight is 411 g/mol. The van der Waals surface area contributed by atoms with E-state index in [2.05, 4.69) is 15.9 Å². The number of benzene rings is 1. The summed E-state index contributed by atoms with van der Waals surface area (Å²) in [5.74, 6) is -1.02. The number of ether oxygens (including phenoxy) is 1. The predicted octanol–water partition coefficient (Wildman–Crippen LogP) is 2.94. The van der Waals surface area contributed by atoms with Gasteiger partial charge in [0.2, 0.25) is 5.91 Å². The normalized spacial score (nSPS) is 19.1. The van der Waals surface area contributed by atoms with Crippen molar-refractivity contribution >= 4 is 33.8 Å². The van der Waals surface area contributed by atoms with Crippen molar-refractivity contribution in [1.29, 1.82) is 0 Å². The van der Waals surface area contributed by atoms with Crippen molar-refractivity contribution in [2.45, 2.75) is 50.7 Å². The van der Waals surface area contributed by atoms with E-state index in [9.17, 15) is 14.4 Å². The summed E-state index contributed by atoms with van der Waals surface area (Å²) in [7, 11) is 0. The zero-order valence-electron chi connectivity index (χ0n) is 14.9. The highest BCUT2D eigenvalue weighted by molar-refractivity contribution is 9.10. The van der Waals surface area contributed by atoms with Crippen LogP contribution in [0.1, 0.15) is 33.3 Å². The maximum Gasteiger partial charge on any atom is 0.331 e. The molecule has 0 aromatic heterocycles. The molecule has 2 atom stereocenters. The molecule has 1 unspecified atom stereocenters. The fraction of sp³-hybridized carbons (Fsp3) is 0.500. The molecule has 6 nitrogen and oxygen atoms in total. The third-order valence-electron chi connectivity index (χ3n) is 3.65. The van der Waals surface area contributed by atoms with Gasteiger partial charge in [0.25, 0.3) is 0 Å². The first-order valence-corrected chi connectivity index (χ1v) is 9.04. The molecular formula is C18H23BrN2O4. The molecule has 1 aliphatic heterocycles. The van der Waals surface area contributed by atoms with Crippen molar-refractivity contribution in [1.82, 2.24) is 9.80 Å². The second kappa shape index (κ2) is 7.56. The van der Waals surface area contributed by atoms with Crippen molar-refractivity contribution in [3.8, 4) is 0 Å². The summed E-state index contributed by atoms with van der Waals surface area (Å²) in [6.45, 7) is 7.34. The van der Waals surface area contributed by atoms with E-state index < -0.39 is 34.4 Å². The molecule has 1 aromatic rings. The van der Waals surface area contributed by atoms with E-state index >= 15 is 0 Å². The molecule has 1 saturated heterocycles. The summed E-state index contributed by atoms with van der Waals surface area (Å²) >= 11 is 3.19. The molecule has 0 radical (unpaired) electrons. The van der Waals surface area contributed by atoms with Crippen LogP contribution < -0.4 is 0 Å². The van der Waals surface area contributed by atoms with Crippen molar-refractivity contribution in [3.63, 3.8) is 0 Å². The molecule has 0 aliphatic carbocycles.